The molecule has 0 saturated carbocycles. The van der Waals surface area contributed by atoms with E-state index in [0.717, 1.165) is 25.8 Å². The molecule has 2 atom stereocenters. The lowest BCUT2D eigenvalue weighted by molar-refractivity contribution is 0.175. The van der Waals surface area contributed by atoms with Crippen molar-refractivity contribution in [2.45, 2.75) is 36.2 Å². The van der Waals surface area contributed by atoms with Crippen LogP contribution in [-0.4, -0.2) is 43.8 Å². The molecule has 132 valence electrons. The highest BCUT2D eigenvalue weighted by Gasteiger charge is 2.42. The summed E-state index contributed by atoms with van der Waals surface area (Å²) in [7, 11) is -1.39. The van der Waals surface area contributed by atoms with E-state index in [2.05, 4.69) is 30.1 Å². The molecule has 0 radical (unpaired) electrons. The number of hydrogen-bond donors (Lipinski definition) is 0. The molecule has 0 N–H and O–H groups in total. The molecule has 2 aromatic rings. The maximum Gasteiger partial charge on any atom is 0.243 e. The second kappa shape index (κ2) is 6.56. The Morgan fingerprint density at radius 2 is 1.68 bits per heavy atom. The van der Waals surface area contributed by atoms with E-state index < -0.39 is 10.0 Å². The van der Waals surface area contributed by atoms with Crippen LogP contribution in [0.4, 0.5) is 0 Å². The van der Waals surface area contributed by atoms with Crippen molar-refractivity contribution in [1.29, 1.82) is 0 Å². The van der Waals surface area contributed by atoms with Crippen LogP contribution in [0.1, 0.15) is 30.0 Å². The second-order valence-corrected chi connectivity index (χ2v) is 8.90. The van der Waals surface area contributed by atoms with Gasteiger partial charge in [0.2, 0.25) is 10.0 Å². The van der Waals surface area contributed by atoms with Gasteiger partial charge in [-0.2, -0.15) is 4.31 Å². The molecule has 1 saturated heterocycles. The minimum absolute atomic E-state index is 0.109. The van der Waals surface area contributed by atoms with Crippen molar-refractivity contribution in [1.82, 2.24) is 9.21 Å². The summed E-state index contributed by atoms with van der Waals surface area (Å²) >= 11 is 0. The molecule has 2 aliphatic rings. The van der Waals surface area contributed by atoms with Crippen molar-refractivity contribution in [3.05, 3.63) is 65.7 Å². The van der Waals surface area contributed by atoms with E-state index >= 15 is 0 Å². The molecule has 5 heteroatoms. The SMILES string of the molecule is CN1CCCC1C1c2ccccc2CCN1S(=O)(=O)c1ccccc1. The molecule has 25 heavy (non-hydrogen) atoms. The van der Waals surface area contributed by atoms with Crippen LogP contribution in [0.5, 0.6) is 0 Å². The standard InChI is InChI=1S/C20H24N2O2S/c1-21-14-7-12-19(21)20-18-11-6-5-8-16(18)13-15-22(20)25(23,24)17-9-3-2-4-10-17/h2-6,8-11,19-20H,7,12-15H2,1H3. The predicted octanol–water partition coefficient (Wildman–Crippen LogP) is 3.07. The highest BCUT2D eigenvalue weighted by Crippen LogP contribution is 2.40. The summed E-state index contributed by atoms with van der Waals surface area (Å²) in [6.45, 7) is 1.58. The Bertz CT molecular complexity index is 851. The van der Waals surface area contributed by atoms with Gasteiger partial charge in [0.25, 0.3) is 0 Å². The smallest absolute Gasteiger partial charge is 0.243 e. The quantitative estimate of drug-likeness (QED) is 0.849. The zero-order valence-corrected chi connectivity index (χ0v) is 15.3. The number of hydrogen-bond acceptors (Lipinski definition) is 3. The minimum Gasteiger partial charge on any atom is -0.301 e. The Morgan fingerprint density at radius 3 is 2.40 bits per heavy atom. The van der Waals surface area contributed by atoms with Gasteiger partial charge in [-0.3, -0.25) is 0 Å². The van der Waals surface area contributed by atoms with Gasteiger partial charge in [-0.1, -0.05) is 42.5 Å². The summed E-state index contributed by atoms with van der Waals surface area (Å²) in [5.41, 5.74) is 2.46. The van der Waals surface area contributed by atoms with Crippen LogP contribution in [-0.2, 0) is 16.4 Å². The Kier molecular flexibility index (Phi) is 4.40. The van der Waals surface area contributed by atoms with E-state index in [-0.39, 0.29) is 12.1 Å². The first-order chi connectivity index (χ1) is 12.1. The van der Waals surface area contributed by atoms with Gasteiger partial charge >= 0.3 is 0 Å². The number of fused-ring (bicyclic) bond motifs is 1. The summed E-state index contributed by atoms with van der Waals surface area (Å²) in [6.07, 6.45) is 2.94. The van der Waals surface area contributed by atoms with E-state index in [9.17, 15) is 8.42 Å². The maximum atomic E-state index is 13.4. The van der Waals surface area contributed by atoms with Crippen LogP contribution in [0.2, 0.25) is 0 Å². The fourth-order valence-corrected chi connectivity index (χ4v) is 5.96. The third-order valence-corrected chi connectivity index (χ3v) is 7.47. The summed E-state index contributed by atoms with van der Waals surface area (Å²) in [5.74, 6) is 0. The lowest BCUT2D eigenvalue weighted by Crippen LogP contribution is -2.48. The summed E-state index contributed by atoms with van der Waals surface area (Å²) in [6, 6.07) is 17.3. The Balaban J connectivity index is 1.81. The third-order valence-electron chi connectivity index (χ3n) is 5.58. The zero-order chi connectivity index (χ0) is 17.4. The van der Waals surface area contributed by atoms with E-state index in [1.165, 1.54) is 11.1 Å². The first-order valence-corrected chi connectivity index (χ1v) is 10.4. The van der Waals surface area contributed by atoms with Crippen molar-refractivity contribution >= 4 is 10.0 Å². The first-order valence-electron chi connectivity index (χ1n) is 8.94. The van der Waals surface area contributed by atoms with E-state index in [1.807, 2.05) is 12.1 Å². The fraction of sp³-hybridized carbons (Fsp3) is 0.400. The van der Waals surface area contributed by atoms with Crippen LogP contribution in [0.3, 0.4) is 0 Å². The lowest BCUT2D eigenvalue weighted by Gasteiger charge is -2.41. The molecule has 0 aromatic heterocycles. The third kappa shape index (κ3) is 2.90. The summed E-state index contributed by atoms with van der Waals surface area (Å²) < 4.78 is 28.5. The van der Waals surface area contributed by atoms with E-state index in [0.29, 0.717) is 11.4 Å². The number of nitrogens with zero attached hydrogens (tertiary/aromatic N) is 2. The molecule has 0 amide bonds. The topological polar surface area (TPSA) is 40.6 Å². The fourth-order valence-electron chi connectivity index (χ4n) is 4.31. The van der Waals surface area contributed by atoms with Crippen LogP contribution in [0.25, 0.3) is 0 Å². The molecule has 2 unspecified atom stereocenters. The summed E-state index contributed by atoms with van der Waals surface area (Å²) in [4.78, 5) is 2.71. The van der Waals surface area contributed by atoms with Gasteiger partial charge in [0.05, 0.1) is 10.9 Å². The van der Waals surface area contributed by atoms with E-state index in [4.69, 9.17) is 0 Å². The molecule has 2 heterocycles. The average molecular weight is 356 g/mol. The number of sulfonamides is 1. The van der Waals surface area contributed by atoms with Crippen LogP contribution < -0.4 is 0 Å². The first kappa shape index (κ1) is 16.8. The molecule has 4 rings (SSSR count). The maximum absolute atomic E-state index is 13.4. The molecule has 1 fully saturated rings. The molecule has 2 aromatic carbocycles. The highest BCUT2D eigenvalue weighted by molar-refractivity contribution is 7.89. The van der Waals surface area contributed by atoms with E-state index in [1.54, 1.807) is 28.6 Å². The van der Waals surface area contributed by atoms with Gasteiger partial charge in [-0.05, 0) is 56.1 Å². The van der Waals surface area contributed by atoms with Gasteiger partial charge in [-0.15, -0.1) is 0 Å². The number of likely N-dealkylation sites (N-methyl/N-ethyl adjacent to an activating group) is 1. The van der Waals surface area contributed by atoms with Crippen LogP contribution in [0.15, 0.2) is 59.5 Å². The molecule has 4 nitrogen and oxygen atoms in total. The highest BCUT2D eigenvalue weighted by atomic mass is 32.2. The zero-order valence-electron chi connectivity index (χ0n) is 14.5. The molecular weight excluding hydrogens is 332 g/mol. The van der Waals surface area contributed by atoms with Crippen molar-refractivity contribution in [2.75, 3.05) is 20.1 Å². The van der Waals surface area contributed by atoms with Gasteiger partial charge in [0.15, 0.2) is 0 Å². The molecule has 2 aliphatic heterocycles. The van der Waals surface area contributed by atoms with Crippen LogP contribution >= 0.6 is 0 Å². The van der Waals surface area contributed by atoms with Crippen molar-refractivity contribution in [3.8, 4) is 0 Å². The largest absolute Gasteiger partial charge is 0.301 e. The number of likely N-dealkylation sites (tertiary alicyclic amines) is 1. The Morgan fingerprint density at radius 1 is 0.960 bits per heavy atom. The lowest BCUT2D eigenvalue weighted by atomic mass is 9.89. The molecule has 0 aliphatic carbocycles. The van der Waals surface area contributed by atoms with Crippen molar-refractivity contribution in [2.24, 2.45) is 0 Å². The van der Waals surface area contributed by atoms with Gasteiger partial charge in [0, 0.05) is 12.6 Å². The molecule has 0 spiro atoms. The van der Waals surface area contributed by atoms with Crippen molar-refractivity contribution < 1.29 is 8.42 Å². The Hall–Kier alpha value is -1.69. The van der Waals surface area contributed by atoms with Gasteiger partial charge < -0.3 is 4.90 Å². The average Bonchev–Trinajstić information content (AvgIpc) is 3.07. The van der Waals surface area contributed by atoms with Gasteiger partial charge in [-0.25, -0.2) is 8.42 Å². The predicted molar refractivity (Wildman–Crippen MR) is 98.9 cm³/mol. The Labute approximate surface area is 150 Å². The molecule has 0 bridgehead atoms. The minimum atomic E-state index is -3.51. The summed E-state index contributed by atoms with van der Waals surface area (Å²) in [5, 5.41) is 0. The normalized spacial score (nSPS) is 25.0. The van der Waals surface area contributed by atoms with Crippen LogP contribution in [0, 0.1) is 0 Å². The molecular formula is C20H24N2O2S. The van der Waals surface area contributed by atoms with Gasteiger partial charge in [0.1, 0.15) is 0 Å². The monoisotopic (exact) mass is 356 g/mol. The number of benzene rings is 2. The van der Waals surface area contributed by atoms with Crippen molar-refractivity contribution in [3.63, 3.8) is 0 Å². The second-order valence-electron chi connectivity index (χ2n) is 7.01. The number of rotatable bonds is 3.